The summed E-state index contributed by atoms with van der Waals surface area (Å²) in [5.74, 6) is 0. The zero-order chi connectivity index (χ0) is 6.91. The number of nitrogens with one attached hydrogen (secondary N) is 1. The Morgan fingerprint density at radius 3 is 2.30 bits per heavy atom. The molecule has 0 bridgehead atoms. The Balaban J connectivity index is 0.000000810. The molecule has 5 heteroatoms. The van der Waals surface area contributed by atoms with Crippen LogP contribution in [0.5, 0.6) is 0 Å². The van der Waals surface area contributed by atoms with E-state index in [-0.39, 0.29) is 17.4 Å². The van der Waals surface area contributed by atoms with E-state index in [0.29, 0.717) is 0 Å². The van der Waals surface area contributed by atoms with Gasteiger partial charge >= 0.3 is 0 Å². The first-order valence-corrected chi connectivity index (χ1v) is 4.02. The Morgan fingerprint density at radius 2 is 2.10 bits per heavy atom. The smallest absolute Gasteiger partial charge is 0.214 e. The van der Waals surface area contributed by atoms with Crippen LogP contribution in [0.1, 0.15) is 0 Å². The van der Waals surface area contributed by atoms with Crippen molar-refractivity contribution in [3.63, 3.8) is 0 Å². The van der Waals surface area contributed by atoms with Gasteiger partial charge in [0.15, 0.2) is 0 Å². The molecule has 0 atom stereocenters. The van der Waals surface area contributed by atoms with Crippen molar-refractivity contribution < 1.29 is 8.42 Å². The highest BCUT2D eigenvalue weighted by molar-refractivity contribution is 7.98. The summed E-state index contributed by atoms with van der Waals surface area (Å²) in [6, 6.07) is 0. The molecule has 0 saturated carbocycles. The van der Waals surface area contributed by atoms with Crippen LogP contribution in [0.3, 0.4) is 0 Å². The van der Waals surface area contributed by atoms with E-state index in [9.17, 15) is 8.42 Å². The minimum atomic E-state index is -3.07. The van der Waals surface area contributed by atoms with Crippen LogP contribution in [0.2, 0.25) is 0 Å². The van der Waals surface area contributed by atoms with Crippen LogP contribution in [0.4, 0.5) is 0 Å². The van der Waals surface area contributed by atoms with Gasteiger partial charge in [0, 0.05) is 12.5 Å². The average molecular weight is 182 g/mol. The Morgan fingerprint density at radius 1 is 1.50 bits per heavy atom. The van der Waals surface area contributed by atoms with Crippen molar-refractivity contribution in [1.82, 2.24) is 5.32 Å². The summed E-state index contributed by atoms with van der Waals surface area (Å²) < 4.78 is 21.6. The van der Waals surface area contributed by atoms with E-state index in [1.165, 1.54) is 17.6 Å². The second kappa shape index (κ2) is 3.07. The molecular weight excluding hydrogens is 174 g/mol. The van der Waals surface area contributed by atoms with Crippen molar-refractivity contribution in [3.05, 3.63) is 22.6 Å². The molecular formula is C5H8ClNO2S. The molecule has 0 saturated heterocycles. The lowest BCUT2D eigenvalue weighted by molar-refractivity contribution is 0.608. The largest absolute Gasteiger partial charge is 0.379 e. The second-order valence-electron chi connectivity index (χ2n) is 1.65. The minimum Gasteiger partial charge on any atom is -0.379 e. The summed E-state index contributed by atoms with van der Waals surface area (Å²) in [4.78, 5) is 0. The van der Waals surface area contributed by atoms with E-state index >= 15 is 0 Å². The van der Waals surface area contributed by atoms with Gasteiger partial charge in [-0.2, -0.15) is 0 Å². The molecule has 1 rings (SSSR count). The minimum absolute atomic E-state index is 0. The van der Waals surface area contributed by atoms with Gasteiger partial charge in [0.25, 0.3) is 0 Å². The lowest BCUT2D eigenvalue weighted by atomic mass is 10.6. The predicted molar refractivity (Wildman–Crippen MR) is 42.5 cm³/mol. The first-order chi connectivity index (χ1) is 4.17. The maximum atomic E-state index is 10.8. The molecule has 1 aliphatic rings. The topological polar surface area (TPSA) is 46.2 Å². The summed E-state index contributed by atoms with van der Waals surface area (Å²) in [6.07, 6.45) is 3.02. The third-order valence-electron chi connectivity index (χ3n) is 1.06. The van der Waals surface area contributed by atoms with Gasteiger partial charge in [-0.05, 0) is 12.2 Å². The number of rotatable bonds is 1. The van der Waals surface area contributed by atoms with Crippen molar-refractivity contribution in [2.75, 3.05) is 7.05 Å². The molecule has 0 spiro atoms. The molecule has 0 aromatic rings. The lowest BCUT2D eigenvalue weighted by Crippen LogP contribution is -2.11. The van der Waals surface area contributed by atoms with Crippen LogP contribution >= 0.6 is 12.4 Å². The van der Waals surface area contributed by atoms with E-state index in [1.54, 1.807) is 7.05 Å². The Bertz CT molecular complexity index is 265. The Hall–Kier alpha value is -0.480. The van der Waals surface area contributed by atoms with Crippen molar-refractivity contribution in [2.24, 2.45) is 0 Å². The van der Waals surface area contributed by atoms with E-state index in [4.69, 9.17) is 0 Å². The van der Waals surface area contributed by atoms with Gasteiger partial charge in [-0.25, -0.2) is 8.42 Å². The fourth-order valence-corrected chi connectivity index (χ4v) is 1.61. The molecule has 1 aliphatic heterocycles. The molecule has 0 aliphatic carbocycles. The predicted octanol–water partition coefficient (Wildman–Crippen LogP) is 0.411. The molecule has 0 aromatic carbocycles. The molecule has 0 radical (unpaired) electrons. The number of halogens is 1. The molecule has 0 amide bonds. The van der Waals surface area contributed by atoms with Crippen molar-refractivity contribution in [3.8, 4) is 0 Å². The van der Waals surface area contributed by atoms with Crippen molar-refractivity contribution in [1.29, 1.82) is 0 Å². The van der Waals surface area contributed by atoms with Gasteiger partial charge in [-0.3, -0.25) is 0 Å². The van der Waals surface area contributed by atoms with Crippen LogP contribution in [-0.4, -0.2) is 15.5 Å². The van der Waals surface area contributed by atoms with Gasteiger partial charge in [0.1, 0.15) is 5.03 Å². The molecule has 10 heavy (non-hydrogen) atoms. The summed E-state index contributed by atoms with van der Waals surface area (Å²) in [5, 5.41) is 4.00. The molecule has 0 unspecified atom stereocenters. The zero-order valence-electron chi connectivity index (χ0n) is 5.37. The van der Waals surface area contributed by atoms with E-state index in [1.807, 2.05) is 0 Å². The Kier molecular flexibility index (Phi) is 2.93. The molecule has 58 valence electrons. The second-order valence-corrected chi connectivity index (χ2v) is 3.46. The fourth-order valence-electron chi connectivity index (χ4n) is 0.624. The molecule has 1 heterocycles. The van der Waals surface area contributed by atoms with E-state index in [0.717, 1.165) is 0 Å². The monoisotopic (exact) mass is 181 g/mol. The van der Waals surface area contributed by atoms with Crippen molar-refractivity contribution >= 4 is 22.2 Å². The van der Waals surface area contributed by atoms with Gasteiger partial charge < -0.3 is 5.32 Å². The average Bonchev–Trinajstić information content (AvgIpc) is 2.08. The first kappa shape index (κ1) is 9.52. The maximum Gasteiger partial charge on any atom is 0.214 e. The fraction of sp³-hybridized carbons (Fsp3) is 0.200. The number of allylic oxidation sites excluding steroid dienone is 2. The van der Waals surface area contributed by atoms with Crippen LogP contribution in [-0.2, 0) is 9.84 Å². The standard InChI is InChI=1S/C5H7NO2S.ClH/c1-6-5-3-2-4-9(5,7)8;/h2-4,6H,1H3;1H. The molecule has 3 nitrogen and oxygen atoms in total. The van der Waals surface area contributed by atoms with Gasteiger partial charge in [-0.15, -0.1) is 12.4 Å². The van der Waals surface area contributed by atoms with Crippen LogP contribution < -0.4 is 5.32 Å². The summed E-state index contributed by atoms with van der Waals surface area (Å²) in [6.45, 7) is 0. The van der Waals surface area contributed by atoms with Crippen molar-refractivity contribution in [2.45, 2.75) is 0 Å². The van der Waals surface area contributed by atoms with Crippen LogP contribution in [0.25, 0.3) is 0 Å². The number of hydrogen-bond acceptors (Lipinski definition) is 3. The highest BCUT2D eigenvalue weighted by Gasteiger charge is 2.14. The maximum absolute atomic E-state index is 10.8. The summed E-state index contributed by atoms with van der Waals surface area (Å²) >= 11 is 0. The van der Waals surface area contributed by atoms with E-state index < -0.39 is 9.84 Å². The number of sulfone groups is 1. The third-order valence-corrected chi connectivity index (χ3v) is 2.53. The summed E-state index contributed by atoms with van der Waals surface area (Å²) in [7, 11) is -1.49. The van der Waals surface area contributed by atoms with Crippen LogP contribution in [0, 0.1) is 0 Å². The molecule has 0 fully saturated rings. The highest BCUT2D eigenvalue weighted by atomic mass is 35.5. The number of hydrogen-bond donors (Lipinski definition) is 1. The van der Waals surface area contributed by atoms with Gasteiger partial charge in [-0.1, -0.05) is 0 Å². The van der Waals surface area contributed by atoms with E-state index in [2.05, 4.69) is 5.32 Å². The third kappa shape index (κ3) is 1.52. The normalized spacial score (nSPS) is 19.5. The Labute approximate surface area is 66.1 Å². The SMILES string of the molecule is CNC1=CC=CS1(=O)=O.Cl. The van der Waals surface area contributed by atoms with Crippen LogP contribution in [0.15, 0.2) is 22.6 Å². The highest BCUT2D eigenvalue weighted by Crippen LogP contribution is 2.11. The quantitative estimate of drug-likeness (QED) is 0.638. The molecule has 0 aromatic heterocycles. The van der Waals surface area contributed by atoms with Gasteiger partial charge in [0.05, 0.1) is 0 Å². The lowest BCUT2D eigenvalue weighted by Gasteiger charge is -1.96. The summed E-state index contributed by atoms with van der Waals surface area (Å²) in [5.41, 5.74) is 0. The van der Waals surface area contributed by atoms with Gasteiger partial charge in [0.2, 0.25) is 9.84 Å². The molecule has 1 N–H and O–H groups in total. The first-order valence-electron chi connectivity index (χ1n) is 2.48. The zero-order valence-corrected chi connectivity index (χ0v) is 7.00.